The summed E-state index contributed by atoms with van der Waals surface area (Å²) >= 11 is 5.98. The van der Waals surface area contributed by atoms with Crippen LogP contribution < -0.4 is 4.74 Å². The molecule has 0 bridgehead atoms. The Hall–Kier alpha value is -2.67. The molecule has 0 aromatic heterocycles. The van der Waals surface area contributed by atoms with Crippen LogP contribution in [0.15, 0.2) is 30.4 Å². The van der Waals surface area contributed by atoms with Crippen molar-refractivity contribution in [1.82, 2.24) is 4.90 Å². The number of carbonyl (C=O) groups excluding carboxylic acids is 4. The Morgan fingerprint density at radius 2 is 1.79 bits per heavy atom. The number of hydrogen-bond donors (Lipinski definition) is 0. The Bertz CT molecular complexity index is 823. The highest BCUT2D eigenvalue weighted by Gasteiger charge is 2.46. The normalized spacial score (nSPS) is 20.9. The number of imide groups is 1. The lowest BCUT2D eigenvalue weighted by Gasteiger charge is -2.14. The number of hydrogen-bond acceptors (Lipinski definition) is 6. The maximum atomic E-state index is 12.3. The third kappa shape index (κ3) is 4.09. The van der Waals surface area contributed by atoms with Crippen LogP contribution in [0.4, 0.5) is 0 Å². The molecule has 1 saturated heterocycles. The third-order valence-electron chi connectivity index (χ3n) is 4.98. The molecule has 1 aliphatic heterocycles. The van der Waals surface area contributed by atoms with E-state index in [1.807, 2.05) is 12.2 Å². The van der Waals surface area contributed by atoms with Crippen molar-refractivity contribution in [2.45, 2.75) is 19.3 Å². The van der Waals surface area contributed by atoms with E-state index in [-0.39, 0.29) is 41.6 Å². The van der Waals surface area contributed by atoms with E-state index in [0.29, 0.717) is 24.2 Å². The van der Waals surface area contributed by atoms with Crippen LogP contribution in [0.1, 0.15) is 29.6 Å². The number of methoxy groups -OCH3 is 1. The Balaban J connectivity index is 1.48. The number of amides is 2. The van der Waals surface area contributed by atoms with E-state index in [0.717, 1.165) is 4.90 Å². The van der Waals surface area contributed by atoms with Crippen molar-refractivity contribution in [2.24, 2.45) is 11.8 Å². The maximum Gasteiger partial charge on any atom is 0.308 e. The van der Waals surface area contributed by atoms with Crippen LogP contribution in [0.25, 0.3) is 0 Å². The monoisotopic (exact) mass is 405 g/mol. The molecule has 1 aliphatic carbocycles. The molecule has 1 aromatic rings. The van der Waals surface area contributed by atoms with Gasteiger partial charge in [-0.3, -0.25) is 24.1 Å². The molecule has 28 heavy (non-hydrogen) atoms. The molecule has 0 N–H and O–H groups in total. The molecule has 2 amide bonds. The van der Waals surface area contributed by atoms with E-state index in [2.05, 4.69) is 0 Å². The summed E-state index contributed by atoms with van der Waals surface area (Å²) in [5.74, 6) is -1.76. The second-order valence-corrected chi connectivity index (χ2v) is 7.07. The number of benzene rings is 1. The Labute approximate surface area is 167 Å². The minimum Gasteiger partial charge on any atom is -0.495 e. The van der Waals surface area contributed by atoms with Gasteiger partial charge in [-0.25, -0.2) is 0 Å². The first-order valence-corrected chi connectivity index (χ1v) is 9.32. The molecule has 2 atom stereocenters. The lowest BCUT2D eigenvalue weighted by Crippen LogP contribution is -2.33. The zero-order valence-corrected chi connectivity index (χ0v) is 16.1. The molecular formula is C20H20ClNO6. The van der Waals surface area contributed by atoms with E-state index >= 15 is 0 Å². The average molecular weight is 406 g/mol. The number of likely N-dealkylation sites (tertiary alicyclic amines) is 1. The Kier molecular flexibility index (Phi) is 6.14. The van der Waals surface area contributed by atoms with Gasteiger partial charge in [0, 0.05) is 12.1 Å². The number of allylic oxidation sites excluding steroid dienone is 2. The molecule has 0 spiro atoms. The van der Waals surface area contributed by atoms with Gasteiger partial charge in [-0.05, 0) is 31.0 Å². The highest BCUT2D eigenvalue weighted by Crippen LogP contribution is 2.35. The van der Waals surface area contributed by atoms with Crippen molar-refractivity contribution in [3.8, 4) is 5.75 Å². The first-order chi connectivity index (χ1) is 13.4. The SMILES string of the molecule is COc1ccc(C(=O)COC(=O)CCN2C(=O)[C@@H]3CC=CC[C@H]3C2=O)cc1Cl. The fourth-order valence-corrected chi connectivity index (χ4v) is 3.69. The lowest BCUT2D eigenvalue weighted by atomic mass is 9.85. The number of nitrogens with zero attached hydrogens (tertiary/aromatic N) is 1. The number of carbonyl (C=O) groups is 4. The predicted molar refractivity (Wildman–Crippen MR) is 100.0 cm³/mol. The first-order valence-electron chi connectivity index (χ1n) is 8.95. The summed E-state index contributed by atoms with van der Waals surface area (Å²) in [6.07, 6.45) is 4.76. The molecule has 0 unspecified atom stereocenters. The number of Topliss-reactive ketones (excluding diaryl/α,β-unsaturated/α-hetero) is 1. The zero-order chi connectivity index (χ0) is 20.3. The van der Waals surface area contributed by atoms with Crippen LogP contribution in [0, 0.1) is 11.8 Å². The highest BCUT2D eigenvalue weighted by molar-refractivity contribution is 6.32. The highest BCUT2D eigenvalue weighted by atomic mass is 35.5. The molecule has 0 saturated carbocycles. The van der Waals surface area contributed by atoms with E-state index in [4.69, 9.17) is 21.1 Å². The molecule has 1 fully saturated rings. The summed E-state index contributed by atoms with van der Waals surface area (Å²) in [7, 11) is 1.46. The van der Waals surface area contributed by atoms with Crippen LogP contribution >= 0.6 is 11.6 Å². The standard InChI is InChI=1S/C20H20ClNO6/c1-27-17-7-6-12(10-15(17)21)16(23)11-28-18(24)8-9-22-19(25)13-4-2-3-5-14(13)20(22)26/h2-3,6-7,10,13-14H,4-5,8-9,11H2,1H3/t13-,14-/m1/s1. The van der Waals surface area contributed by atoms with E-state index < -0.39 is 18.4 Å². The van der Waals surface area contributed by atoms with E-state index in [1.54, 1.807) is 6.07 Å². The van der Waals surface area contributed by atoms with Gasteiger partial charge in [0.2, 0.25) is 11.8 Å². The van der Waals surface area contributed by atoms with Crippen molar-refractivity contribution in [3.63, 3.8) is 0 Å². The molecule has 1 aromatic carbocycles. The fraction of sp³-hybridized carbons (Fsp3) is 0.400. The van der Waals surface area contributed by atoms with Crippen molar-refractivity contribution >= 4 is 35.2 Å². The molecule has 148 valence electrons. The predicted octanol–water partition coefficient (Wildman–Crippen LogP) is 2.42. The van der Waals surface area contributed by atoms with Gasteiger partial charge in [-0.1, -0.05) is 23.8 Å². The number of ketones is 1. The molecular weight excluding hydrogens is 386 g/mol. The van der Waals surface area contributed by atoms with Gasteiger partial charge < -0.3 is 9.47 Å². The summed E-state index contributed by atoms with van der Waals surface area (Å²) in [5.41, 5.74) is 0.292. The van der Waals surface area contributed by atoms with Crippen LogP contribution in [-0.2, 0) is 19.1 Å². The van der Waals surface area contributed by atoms with Gasteiger partial charge in [-0.15, -0.1) is 0 Å². The smallest absolute Gasteiger partial charge is 0.308 e. The van der Waals surface area contributed by atoms with Gasteiger partial charge in [0.15, 0.2) is 12.4 Å². The summed E-state index contributed by atoms with van der Waals surface area (Å²) < 4.78 is 10.00. The summed E-state index contributed by atoms with van der Waals surface area (Å²) in [5, 5.41) is 0.279. The minimum atomic E-state index is -0.651. The fourth-order valence-electron chi connectivity index (χ4n) is 3.43. The van der Waals surface area contributed by atoms with Crippen molar-refractivity contribution < 1.29 is 28.7 Å². The molecule has 1 heterocycles. The molecule has 3 rings (SSSR count). The second kappa shape index (κ2) is 8.56. The summed E-state index contributed by atoms with van der Waals surface area (Å²) in [6, 6.07) is 4.52. The average Bonchev–Trinajstić information content (AvgIpc) is 2.95. The van der Waals surface area contributed by atoms with E-state index in [9.17, 15) is 19.2 Å². The maximum absolute atomic E-state index is 12.3. The number of fused-ring (bicyclic) bond motifs is 1. The molecule has 2 aliphatic rings. The molecule has 8 heteroatoms. The molecule has 7 nitrogen and oxygen atoms in total. The third-order valence-corrected chi connectivity index (χ3v) is 5.27. The van der Waals surface area contributed by atoms with Gasteiger partial charge in [0.25, 0.3) is 0 Å². The summed E-state index contributed by atoms with van der Waals surface area (Å²) in [6.45, 7) is -0.482. The topological polar surface area (TPSA) is 90.0 Å². The van der Waals surface area contributed by atoms with Crippen molar-refractivity contribution in [3.05, 3.63) is 40.9 Å². The second-order valence-electron chi connectivity index (χ2n) is 6.67. The van der Waals surface area contributed by atoms with Crippen LogP contribution in [0.2, 0.25) is 5.02 Å². The zero-order valence-electron chi connectivity index (χ0n) is 15.4. The van der Waals surface area contributed by atoms with Gasteiger partial charge in [-0.2, -0.15) is 0 Å². The first kappa shape index (κ1) is 20.1. The largest absolute Gasteiger partial charge is 0.495 e. The van der Waals surface area contributed by atoms with Crippen molar-refractivity contribution in [2.75, 3.05) is 20.3 Å². The lowest BCUT2D eigenvalue weighted by molar-refractivity contribution is -0.145. The van der Waals surface area contributed by atoms with Crippen LogP contribution in [-0.4, -0.2) is 48.7 Å². The number of ether oxygens (including phenoxy) is 2. The number of rotatable bonds is 7. The quantitative estimate of drug-likeness (QED) is 0.299. The van der Waals surface area contributed by atoms with Gasteiger partial charge >= 0.3 is 5.97 Å². The van der Waals surface area contributed by atoms with E-state index in [1.165, 1.54) is 19.2 Å². The molecule has 0 radical (unpaired) electrons. The van der Waals surface area contributed by atoms with Crippen LogP contribution in [0.5, 0.6) is 5.75 Å². The number of esters is 1. The Morgan fingerprint density at radius 3 is 2.36 bits per heavy atom. The van der Waals surface area contributed by atoms with Gasteiger partial charge in [0.05, 0.1) is 30.4 Å². The minimum absolute atomic E-state index is 0.0357. The van der Waals surface area contributed by atoms with Crippen LogP contribution in [0.3, 0.4) is 0 Å². The Morgan fingerprint density at radius 1 is 1.14 bits per heavy atom. The summed E-state index contributed by atoms with van der Waals surface area (Å²) in [4.78, 5) is 49.9. The van der Waals surface area contributed by atoms with Gasteiger partial charge in [0.1, 0.15) is 5.75 Å². The number of halogens is 1. The van der Waals surface area contributed by atoms with Crippen molar-refractivity contribution in [1.29, 1.82) is 0 Å².